The van der Waals surface area contributed by atoms with Crippen molar-refractivity contribution in [1.82, 2.24) is 10.0 Å². The van der Waals surface area contributed by atoms with Gasteiger partial charge in [-0.25, -0.2) is 13.1 Å². The maximum absolute atomic E-state index is 11.5. The molecule has 0 saturated heterocycles. The normalized spacial score (nSPS) is 11.9. The second-order valence-corrected chi connectivity index (χ2v) is 6.99. The van der Waals surface area contributed by atoms with Crippen LogP contribution in [0.2, 0.25) is 0 Å². The van der Waals surface area contributed by atoms with Crippen LogP contribution in [0.5, 0.6) is 0 Å². The van der Waals surface area contributed by atoms with Crippen LogP contribution in [-0.4, -0.2) is 46.3 Å². The van der Waals surface area contributed by atoms with Crippen molar-refractivity contribution in [3.8, 4) is 0 Å². The molecule has 17 heavy (non-hydrogen) atoms. The lowest BCUT2D eigenvalue weighted by Crippen LogP contribution is -2.28. The van der Waals surface area contributed by atoms with Crippen molar-refractivity contribution in [2.24, 2.45) is 0 Å². The Morgan fingerprint density at radius 3 is 2.35 bits per heavy atom. The fourth-order valence-electron chi connectivity index (χ4n) is 1.46. The van der Waals surface area contributed by atoms with Crippen molar-refractivity contribution in [3.05, 3.63) is 0 Å². The fraction of sp³-hybridized carbons (Fsp3) is 1.00. The van der Waals surface area contributed by atoms with E-state index in [0.717, 1.165) is 19.4 Å². The Hall–Kier alpha value is 0.220. The van der Waals surface area contributed by atoms with Crippen LogP contribution >= 0.6 is 11.8 Å². The van der Waals surface area contributed by atoms with Crippen LogP contribution < -0.4 is 10.0 Å². The number of hydrogen-bond acceptors (Lipinski definition) is 4. The van der Waals surface area contributed by atoms with Crippen molar-refractivity contribution < 1.29 is 8.42 Å². The van der Waals surface area contributed by atoms with E-state index in [1.807, 2.05) is 18.8 Å². The molecule has 0 bridgehead atoms. The average molecular weight is 282 g/mol. The molecule has 2 N–H and O–H groups in total. The van der Waals surface area contributed by atoms with Crippen molar-refractivity contribution in [3.63, 3.8) is 0 Å². The van der Waals surface area contributed by atoms with Gasteiger partial charge in [0.05, 0.1) is 5.75 Å². The molecule has 0 radical (unpaired) electrons. The zero-order chi connectivity index (χ0) is 13.0. The van der Waals surface area contributed by atoms with E-state index in [4.69, 9.17) is 0 Å². The molecule has 0 unspecified atom stereocenters. The molecule has 0 heterocycles. The maximum Gasteiger partial charge on any atom is 0.211 e. The minimum Gasteiger partial charge on any atom is -0.320 e. The third kappa shape index (κ3) is 12.5. The molecule has 0 saturated carbocycles. The lowest BCUT2D eigenvalue weighted by Gasteiger charge is -2.06. The highest BCUT2D eigenvalue weighted by Gasteiger charge is 2.07. The Labute approximate surface area is 110 Å². The summed E-state index contributed by atoms with van der Waals surface area (Å²) in [5.41, 5.74) is 0. The Bertz CT molecular complexity index is 256. The monoisotopic (exact) mass is 282 g/mol. The smallest absolute Gasteiger partial charge is 0.211 e. The number of nitrogens with one attached hydrogen (secondary N) is 2. The minimum absolute atomic E-state index is 0.223. The first-order chi connectivity index (χ1) is 8.12. The molecule has 0 aliphatic rings. The van der Waals surface area contributed by atoms with Gasteiger partial charge in [0, 0.05) is 6.54 Å². The van der Waals surface area contributed by atoms with Crippen molar-refractivity contribution in [1.29, 1.82) is 0 Å². The minimum atomic E-state index is -3.05. The molecule has 6 heteroatoms. The first kappa shape index (κ1) is 17.2. The van der Waals surface area contributed by atoms with Gasteiger partial charge in [-0.1, -0.05) is 12.8 Å². The van der Waals surface area contributed by atoms with Crippen LogP contribution in [0.15, 0.2) is 0 Å². The summed E-state index contributed by atoms with van der Waals surface area (Å²) < 4.78 is 25.6. The van der Waals surface area contributed by atoms with Gasteiger partial charge in [-0.15, -0.1) is 0 Å². The van der Waals surface area contributed by atoms with E-state index in [-0.39, 0.29) is 5.75 Å². The molecule has 0 aliphatic heterocycles. The van der Waals surface area contributed by atoms with Gasteiger partial charge in [0.2, 0.25) is 10.0 Å². The van der Waals surface area contributed by atoms with E-state index in [1.165, 1.54) is 18.6 Å². The lowest BCUT2D eigenvalue weighted by molar-refractivity contribution is 0.570. The van der Waals surface area contributed by atoms with Gasteiger partial charge in [0.15, 0.2) is 0 Å². The largest absolute Gasteiger partial charge is 0.320 e. The average Bonchev–Trinajstić information content (AvgIpc) is 2.28. The quantitative estimate of drug-likeness (QED) is 0.532. The highest BCUT2D eigenvalue weighted by molar-refractivity contribution is 7.98. The Balaban J connectivity index is 3.39. The van der Waals surface area contributed by atoms with Gasteiger partial charge in [0.1, 0.15) is 0 Å². The first-order valence-electron chi connectivity index (χ1n) is 6.23. The zero-order valence-corrected chi connectivity index (χ0v) is 12.6. The number of sulfonamides is 1. The van der Waals surface area contributed by atoms with Gasteiger partial charge in [0.25, 0.3) is 0 Å². The molecular formula is C11H26N2O2S2. The van der Waals surface area contributed by atoms with Crippen LogP contribution in [0.25, 0.3) is 0 Å². The summed E-state index contributed by atoms with van der Waals surface area (Å²) in [7, 11) is -1.22. The van der Waals surface area contributed by atoms with E-state index < -0.39 is 10.0 Å². The summed E-state index contributed by atoms with van der Waals surface area (Å²) >= 11 is 1.86. The van der Waals surface area contributed by atoms with Crippen molar-refractivity contribution in [2.75, 3.05) is 37.9 Å². The molecule has 0 spiro atoms. The number of hydrogen-bond donors (Lipinski definition) is 2. The van der Waals surface area contributed by atoms with E-state index >= 15 is 0 Å². The molecule has 0 amide bonds. The van der Waals surface area contributed by atoms with Crippen molar-refractivity contribution >= 4 is 21.8 Å². The van der Waals surface area contributed by atoms with Crippen LogP contribution in [0.3, 0.4) is 0 Å². The first-order valence-corrected chi connectivity index (χ1v) is 9.28. The standard InChI is InChI=1S/C11H26N2O2S2/c1-12-8-7-11-17(14,15)13-9-5-3-4-6-10-16-2/h12-13H,3-11H2,1-2H3. The summed E-state index contributed by atoms with van der Waals surface area (Å²) in [5, 5.41) is 2.94. The van der Waals surface area contributed by atoms with Gasteiger partial charge in [-0.2, -0.15) is 11.8 Å². The van der Waals surface area contributed by atoms with Gasteiger partial charge < -0.3 is 5.32 Å². The summed E-state index contributed by atoms with van der Waals surface area (Å²) in [6, 6.07) is 0. The Morgan fingerprint density at radius 2 is 1.71 bits per heavy atom. The zero-order valence-electron chi connectivity index (χ0n) is 11.0. The van der Waals surface area contributed by atoms with Crippen molar-refractivity contribution in [2.45, 2.75) is 32.1 Å². The van der Waals surface area contributed by atoms with Crippen LogP contribution in [0.1, 0.15) is 32.1 Å². The molecule has 0 atom stereocenters. The van der Waals surface area contributed by atoms with Gasteiger partial charge in [-0.3, -0.25) is 0 Å². The van der Waals surface area contributed by atoms with Crippen LogP contribution in [-0.2, 0) is 10.0 Å². The second kappa shape index (κ2) is 11.3. The molecule has 104 valence electrons. The molecule has 0 aromatic carbocycles. The highest BCUT2D eigenvalue weighted by Crippen LogP contribution is 2.04. The van der Waals surface area contributed by atoms with E-state index in [2.05, 4.69) is 16.3 Å². The topological polar surface area (TPSA) is 58.2 Å². The van der Waals surface area contributed by atoms with E-state index in [0.29, 0.717) is 13.0 Å². The van der Waals surface area contributed by atoms with Crippen LogP contribution in [0.4, 0.5) is 0 Å². The summed E-state index contributed by atoms with van der Waals surface area (Å²) in [6.07, 6.45) is 7.26. The van der Waals surface area contributed by atoms with Crippen LogP contribution in [0, 0.1) is 0 Å². The Kier molecular flexibility index (Phi) is 11.5. The summed E-state index contributed by atoms with van der Waals surface area (Å²) in [5.74, 6) is 1.43. The number of unbranched alkanes of at least 4 members (excludes halogenated alkanes) is 3. The van der Waals surface area contributed by atoms with E-state index in [9.17, 15) is 8.42 Å². The third-order valence-corrected chi connectivity index (χ3v) is 4.60. The predicted octanol–water partition coefficient (Wildman–Crippen LogP) is 1.44. The third-order valence-electron chi connectivity index (χ3n) is 2.44. The molecule has 0 aromatic heterocycles. The predicted molar refractivity (Wildman–Crippen MR) is 77.2 cm³/mol. The summed E-state index contributed by atoms with van der Waals surface area (Å²) in [6.45, 7) is 1.33. The van der Waals surface area contributed by atoms with Gasteiger partial charge in [-0.05, 0) is 44.9 Å². The molecule has 0 fully saturated rings. The number of thioether (sulfide) groups is 1. The molecule has 0 aliphatic carbocycles. The SMILES string of the molecule is CNCCCS(=O)(=O)NCCCCCCSC. The second-order valence-electron chi connectivity index (χ2n) is 4.08. The van der Waals surface area contributed by atoms with E-state index in [1.54, 1.807) is 0 Å². The Morgan fingerprint density at radius 1 is 1.00 bits per heavy atom. The number of rotatable bonds is 12. The summed E-state index contributed by atoms with van der Waals surface area (Å²) in [4.78, 5) is 0. The molecule has 0 rings (SSSR count). The molecular weight excluding hydrogens is 256 g/mol. The lowest BCUT2D eigenvalue weighted by atomic mass is 10.2. The molecule has 4 nitrogen and oxygen atoms in total. The maximum atomic E-state index is 11.5. The fourth-order valence-corrected chi connectivity index (χ4v) is 3.08. The molecule has 0 aromatic rings. The van der Waals surface area contributed by atoms with Gasteiger partial charge >= 0.3 is 0 Å². The highest BCUT2D eigenvalue weighted by atomic mass is 32.2.